The number of thioether (sulfide) groups is 1. The smallest absolute Gasteiger partial charge is 0.262 e. The highest BCUT2D eigenvalue weighted by Crippen LogP contribution is 2.28. The molecule has 0 N–H and O–H groups in total. The predicted molar refractivity (Wildman–Crippen MR) is 149 cm³/mol. The Morgan fingerprint density at radius 1 is 0.921 bits per heavy atom. The van der Waals surface area contributed by atoms with E-state index >= 15 is 0 Å². The van der Waals surface area contributed by atoms with Crippen LogP contribution in [0.25, 0.3) is 16.7 Å². The van der Waals surface area contributed by atoms with Crippen LogP contribution >= 0.6 is 11.8 Å². The van der Waals surface area contributed by atoms with E-state index < -0.39 is 0 Å². The monoisotopic (exact) mass is 528 g/mol. The molecule has 0 amide bonds. The highest BCUT2D eigenvalue weighted by atomic mass is 32.2. The lowest BCUT2D eigenvalue weighted by Crippen LogP contribution is -2.24. The first-order valence-electron chi connectivity index (χ1n) is 12.2. The molecule has 2 heterocycles. The maximum absolute atomic E-state index is 13.5. The molecule has 5 rings (SSSR count). The molecule has 0 aliphatic heterocycles. The number of hydrogen-bond acceptors (Lipinski definition) is 7. The lowest BCUT2D eigenvalue weighted by atomic mass is 10.0. The molecule has 3 aromatic carbocycles. The number of methoxy groups -OCH3 is 2. The van der Waals surface area contributed by atoms with Crippen molar-refractivity contribution in [1.29, 1.82) is 0 Å². The fraction of sp³-hybridized carbons (Fsp3) is 0.241. The molecular formula is C29H28N4O4S. The van der Waals surface area contributed by atoms with Crippen LogP contribution in [-0.4, -0.2) is 44.9 Å². The number of benzene rings is 3. The molecule has 8 nitrogen and oxygen atoms in total. The van der Waals surface area contributed by atoms with Crippen molar-refractivity contribution in [1.82, 2.24) is 19.2 Å². The van der Waals surface area contributed by atoms with E-state index in [2.05, 4.69) is 10.2 Å². The lowest BCUT2D eigenvalue weighted by molar-refractivity contribution is 0.102. The Labute approximate surface area is 224 Å². The summed E-state index contributed by atoms with van der Waals surface area (Å²) in [6.07, 6.45) is 0.578. The van der Waals surface area contributed by atoms with Crippen molar-refractivity contribution in [2.45, 2.75) is 32.0 Å². The molecule has 0 saturated heterocycles. The Morgan fingerprint density at radius 3 is 2.39 bits per heavy atom. The average Bonchev–Trinajstić information content (AvgIpc) is 3.35. The number of fused-ring (bicyclic) bond motifs is 3. The van der Waals surface area contributed by atoms with Crippen molar-refractivity contribution in [2.24, 2.45) is 0 Å². The highest BCUT2D eigenvalue weighted by Gasteiger charge is 2.19. The molecule has 0 atom stereocenters. The van der Waals surface area contributed by atoms with Gasteiger partial charge in [0.05, 0.1) is 30.9 Å². The van der Waals surface area contributed by atoms with Crippen molar-refractivity contribution in [2.75, 3.05) is 20.0 Å². The van der Waals surface area contributed by atoms with Gasteiger partial charge in [0.1, 0.15) is 0 Å². The zero-order valence-corrected chi connectivity index (χ0v) is 22.5. The SMILES string of the molecule is COc1ccc(CCn2c(=O)c3ccccc3n3c(SCC(=O)c4c(C)cccc4C)nnc23)cc1OC. The van der Waals surface area contributed by atoms with Crippen molar-refractivity contribution >= 4 is 34.2 Å². The highest BCUT2D eigenvalue weighted by molar-refractivity contribution is 7.99. The molecule has 0 bridgehead atoms. The Morgan fingerprint density at radius 2 is 1.66 bits per heavy atom. The third-order valence-corrected chi connectivity index (χ3v) is 7.57. The van der Waals surface area contributed by atoms with E-state index in [-0.39, 0.29) is 17.1 Å². The number of carbonyl (C=O) groups is 1. The topological polar surface area (TPSA) is 87.7 Å². The Bertz CT molecular complexity index is 1700. The molecule has 9 heteroatoms. The summed E-state index contributed by atoms with van der Waals surface area (Å²) in [7, 11) is 3.19. The van der Waals surface area contributed by atoms with Crippen LogP contribution in [0.4, 0.5) is 0 Å². The van der Waals surface area contributed by atoms with E-state index in [1.165, 1.54) is 11.8 Å². The Balaban J connectivity index is 1.50. The largest absolute Gasteiger partial charge is 0.493 e. The first-order chi connectivity index (χ1) is 18.4. The van der Waals surface area contributed by atoms with Crippen molar-refractivity contribution in [3.63, 3.8) is 0 Å². The summed E-state index contributed by atoms with van der Waals surface area (Å²) in [6, 6.07) is 19.0. The van der Waals surface area contributed by atoms with Crippen LogP contribution < -0.4 is 15.0 Å². The van der Waals surface area contributed by atoms with Gasteiger partial charge in [-0.1, -0.05) is 48.2 Å². The second-order valence-corrected chi connectivity index (χ2v) is 9.95. The van der Waals surface area contributed by atoms with Gasteiger partial charge < -0.3 is 9.47 Å². The van der Waals surface area contributed by atoms with Crippen LogP contribution in [0.1, 0.15) is 27.0 Å². The predicted octanol–water partition coefficient (Wildman–Crippen LogP) is 4.90. The number of para-hydroxylation sites is 1. The second kappa shape index (κ2) is 10.7. The molecule has 0 spiro atoms. The molecule has 38 heavy (non-hydrogen) atoms. The van der Waals surface area contributed by atoms with Crippen molar-refractivity contribution in [3.8, 4) is 11.5 Å². The van der Waals surface area contributed by atoms with Gasteiger partial charge in [-0.2, -0.15) is 0 Å². The van der Waals surface area contributed by atoms with E-state index in [1.54, 1.807) is 24.9 Å². The maximum atomic E-state index is 13.5. The number of rotatable bonds is 9. The van der Waals surface area contributed by atoms with Gasteiger partial charge in [0.2, 0.25) is 5.78 Å². The van der Waals surface area contributed by atoms with Gasteiger partial charge in [-0.25, -0.2) is 0 Å². The minimum atomic E-state index is -0.135. The molecule has 0 radical (unpaired) electrons. The molecule has 5 aromatic rings. The minimum Gasteiger partial charge on any atom is -0.493 e. The minimum absolute atomic E-state index is 0.0356. The molecule has 194 valence electrons. The summed E-state index contributed by atoms with van der Waals surface area (Å²) in [4.78, 5) is 26.6. The van der Waals surface area contributed by atoms with Crippen LogP contribution in [0, 0.1) is 13.8 Å². The Hall–Kier alpha value is -4.11. The summed E-state index contributed by atoms with van der Waals surface area (Å²) >= 11 is 1.32. The van der Waals surface area contributed by atoms with Gasteiger partial charge in [0.25, 0.3) is 5.56 Å². The van der Waals surface area contributed by atoms with E-state index in [9.17, 15) is 9.59 Å². The number of ketones is 1. The van der Waals surface area contributed by atoms with Crippen molar-refractivity contribution < 1.29 is 14.3 Å². The zero-order valence-electron chi connectivity index (χ0n) is 21.7. The summed E-state index contributed by atoms with van der Waals surface area (Å²) in [5, 5.41) is 9.91. The van der Waals surface area contributed by atoms with Crippen molar-refractivity contribution in [3.05, 3.63) is 93.3 Å². The van der Waals surface area contributed by atoms with Gasteiger partial charge in [-0.3, -0.25) is 18.6 Å². The summed E-state index contributed by atoms with van der Waals surface area (Å²) in [5.41, 5.74) is 4.22. The van der Waals surface area contributed by atoms with Gasteiger partial charge >= 0.3 is 0 Å². The number of carbonyl (C=O) groups excluding carboxylic acids is 1. The molecular weight excluding hydrogens is 500 g/mol. The molecule has 0 saturated carbocycles. The fourth-order valence-electron chi connectivity index (χ4n) is 4.76. The van der Waals surface area contributed by atoms with Crippen LogP contribution in [0.3, 0.4) is 0 Å². The van der Waals surface area contributed by atoms with E-state index in [0.29, 0.717) is 46.3 Å². The molecule has 0 unspecified atom stereocenters. The molecule has 2 aromatic heterocycles. The van der Waals surface area contributed by atoms with Gasteiger partial charge in [-0.15, -0.1) is 10.2 Å². The zero-order chi connectivity index (χ0) is 26.8. The van der Waals surface area contributed by atoms with Gasteiger partial charge in [-0.05, 0) is 61.2 Å². The molecule has 0 aliphatic carbocycles. The number of nitrogens with zero attached hydrogens (tertiary/aromatic N) is 4. The number of ether oxygens (including phenoxy) is 2. The third-order valence-electron chi connectivity index (χ3n) is 6.64. The molecule has 0 fully saturated rings. The first kappa shape index (κ1) is 25.5. The summed E-state index contributed by atoms with van der Waals surface area (Å²) in [6.45, 7) is 4.29. The second-order valence-electron chi connectivity index (χ2n) is 9.01. The first-order valence-corrected chi connectivity index (χ1v) is 13.2. The van der Waals surface area contributed by atoms with Gasteiger partial charge in [0, 0.05) is 12.1 Å². The van der Waals surface area contributed by atoms with Crippen LogP contribution in [0.2, 0.25) is 0 Å². The molecule has 0 aliphatic rings. The third kappa shape index (κ3) is 4.65. The van der Waals surface area contributed by atoms with Crippen LogP contribution in [0.15, 0.2) is 70.6 Å². The van der Waals surface area contributed by atoms with Crippen LogP contribution in [0.5, 0.6) is 11.5 Å². The number of aryl methyl sites for hydroxylation is 4. The van der Waals surface area contributed by atoms with Crippen LogP contribution in [-0.2, 0) is 13.0 Å². The summed E-state index contributed by atoms with van der Waals surface area (Å²) in [5.74, 6) is 1.97. The fourth-order valence-corrected chi connectivity index (χ4v) is 5.57. The number of aromatic nitrogens is 4. The standard InChI is InChI=1S/C29H28N4O4S/c1-18-8-7-9-19(2)26(18)23(34)17-38-29-31-30-28-32(27(35)21-10-5-6-11-22(21)33(28)29)15-14-20-12-13-24(36-3)25(16-20)37-4/h5-13,16H,14-15,17H2,1-4H3. The normalized spacial score (nSPS) is 11.3. The van der Waals surface area contributed by atoms with Gasteiger partial charge in [0.15, 0.2) is 22.4 Å². The average molecular weight is 529 g/mol. The lowest BCUT2D eigenvalue weighted by Gasteiger charge is -2.13. The van der Waals surface area contributed by atoms with E-state index in [1.807, 2.05) is 72.8 Å². The number of Topliss-reactive ketones (excluding diaryl/α,β-unsaturated/α-hetero) is 1. The van der Waals surface area contributed by atoms with E-state index in [4.69, 9.17) is 9.47 Å². The Kier molecular flexibility index (Phi) is 7.20. The summed E-state index contributed by atoms with van der Waals surface area (Å²) < 4.78 is 14.3. The number of hydrogen-bond donors (Lipinski definition) is 0. The maximum Gasteiger partial charge on any atom is 0.262 e. The van der Waals surface area contributed by atoms with E-state index in [0.717, 1.165) is 22.3 Å². The quantitative estimate of drug-likeness (QED) is 0.199.